The number of nitrogens with zero attached hydrogens (tertiary/aromatic N) is 2. The Balaban J connectivity index is 2.02. The molecule has 0 radical (unpaired) electrons. The van der Waals surface area contributed by atoms with Crippen LogP contribution in [0.4, 0.5) is 5.69 Å². The van der Waals surface area contributed by atoms with Crippen LogP contribution in [0, 0.1) is 0 Å². The van der Waals surface area contributed by atoms with Crippen molar-refractivity contribution in [2.24, 2.45) is 0 Å². The average Bonchev–Trinajstić information content (AvgIpc) is 2.65. The number of hydrogen-bond acceptors (Lipinski definition) is 5. The number of ether oxygens (including phenoxy) is 1. The Kier molecular flexibility index (Phi) is 4.71. The second-order valence-corrected chi connectivity index (χ2v) is 5.96. The average molecular weight is 343 g/mol. The molecule has 124 valence electrons. The fourth-order valence-corrected chi connectivity index (χ4v) is 3.13. The molecule has 0 spiro atoms. The van der Waals surface area contributed by atoms with E-state index >= 15 is 0 Å². The minimum Gasteiger partial charge on any atom is -0.477 e. The zero-order chi connectivity index (χ0) is 17.1. The Morgan fingerprint density at radius 3 is 2.83 bits per heavy atom. The van der Waals surface area contributed by atoms with E-state index < -0.39 is 6.10 Å². The summed E-state index contributed by atoms with van der Waals surface area (Å²) in [5.74, 6) is 0.0518. The van der Waals surface area contributed by atoms with Crippen LogP contribution in [0.25, 0.3) is 0 Å². The molecule has 0 fully saturated rings. The summed E-state index contributed by atoms with van der Waals surface area (Å²) >= 11 is 1.41. The number of thioether (sulfide) groups is 1. The van der Waals surface area contributed by atoms with Gasteiger partial charge in [-0.15, -0.1) is 11.8 Å². The molecule has 7 heteroatoms. The zero-order valence-corrected chi connectivity index (χ0v) is 14.2. The molecule has 2 heterocycles. The van der Waals surface area contributed by atoms with Gasteiger partial charge >= 0.3 is 0 Å². The smallest absolute Gasteiger partial charge is 0.262 e. The van der Waals surface area contributed by atoms with E-state index in [0.717, 1.165) is 0 Å². The van der Waals surface area contributed by atoms with E-state index in [1.54, 1.807) is 36.3 Å². The van der Waals surface area contributed by atoms with Crippen molar-refractivity contribution in [2.75, 3.05) is 24.7 Å². The molecular formula is C17H17N3O3S. The van der Waals surface area contributed by atoms with Crippen molar-refractivity contribution in [2.45, 2.75) is 11.1 Å². The van der Waals surface area contributed by atoms with Gasteiger partial charge in [0.05, 0.1) is 17.8 Å². The lowest BCUT2D eigenvalue weighted by molar-refractivity contribution is -0.127. The van der Waals surface area contributed by atoms with E-state index in [1.165, 1.54) is 11.8 Å². The summed E-state index contributed by atoms with van der Waals surface area (Å²) in [5, 5.41) is 3.22. The number of para-hydroxylation sites is 2. The van der Waals surface area contributed by atoms with Gasteiger partial charge in [-0.3, -0.25) is 9.59 Å². The van der Waals surface area contributed by atoms with Crippen molar-refractivity contribution in [1.29, 1.82) is 0 Å². The van der Waals surface area contributed by atoms with Crippen LogP contribution in [0.15, 0.2) is 47.6 Å². The van der Waals surface area contributed by atoms with Gasteiger partial charge in [0, 0.05) is 13.2 Å². The predicted molar refractivity (Wildman–Crippen MR) is 92.6 cm³/mol. The molecule has 2 aromatic rings. The van der Waals surface area contributed by atoms with E-state index in [1.807, 2.05) is 24.5 Å². The zero-order valence-electron chi connectivity index (χ0n) is 13.4. The van der Waals surface area contributed by atoms with Crippen LogP contribution in [-0.2, 0) is 4.79 Å². The van der Waals surface area contributed by atoms with E-state index in [4.69, 9.17) is 4.74 Å². The number of fused-ring (bicyclic) bond motifs is 1. The number of likely N-dealkylation sites (N-methyl/N-ethyl adjacent to an activating group) is 1. The monoisotopic (exact) mass is 343 g/mol. The summed E-state index contributed by atoms with van der Waals surface area (Å²) in [6.45, 7) is 0.151. The van der Waals surface area contributed by atoms with Crippen molar-refractivity contribution < 1.29 is 14.3 Å². The third-order valence-electron chi connectivity index (χ3n) is 3.75. The minimum atomic E-state index is -0.747. The van der Waals surface area contributed by atoms with Gasteiger partial charge in [0.25, 0.3) is 11.8 Å². The Morgan fingerprint density at radius 1 is 1.29 bits per heavy atom. The van der Waals surface area contributed by atoms with E-state index in [0.29, 0.717) is 22.0 Å². The Morgan fingerprint density at radius 2 is 2.08 bits per heavy atom. The molecular weight excluding hydrogens is 326 g/mol. The number of anilines is 1. The first-order valence-electron chi connectivity index (χ1n) is 7.44. The van der Waals surface area contributed by atoms with Gasteiger partial charge in [0.2, 0.25) is 0 Å². The van der Waals surface area contributed by atoms with Crippen molar-refractivity contribution in [1.82, 2.24) is 10.3 Å². The molecule has 0 saturated heterocycles. The molecule has 1 atom stereocenters. The highest BCUT2D eigenvalue weighted by atomic mass is 32.2. The number of amides is 2. The summed E-state index contributed by atoms with van der Waals surface area (Å²) < 4.78 is 5.73. The lowest BCUT2D eigenvalue weighted by atomic mass is 10.1. The lowest BCUT2D eigenvalue weighted by Crippen LogP contribution is -2.50. The van der Waals surface area contributed by atoms with Crippen LogP contribution in [0.5, 0.6) is 5.75 Å². The second kappa shape index (κ2) is 6.92. The molecule has 1 aromatic heterocycles. The van der Waals surface area contributed by atoms with Crippen LogP contribution in [0.2, 0.25) is 0 Å². The maximum absolute atomic E-state index is 13.1. The third-order valence-corrected chi connectivity index (χ3v) is 4.46. The number of nitrogens with one attached hydrogen (secondary N) is 1. The van der Waals surface area contributed by atoms with Gasteiger partial charge < -0.3 is 15.0 Å². The molecule has 1 aliphatic rings. The fourth-order valence-electron chi connectivity index (χ4n) is 2.59. The Bertz CT molecular complexity index is 781. The molecule has 2 amide bonds. The normalized spacial score (nSPS) is 16.1. The fraction of sp³-hybridized carbons (Fsp3) is 0.235. The SMILES string of the molecule is CNC(=O)[C@@H]1CN(C(=O)c2cccnc2SC)c2ccccc2O1. The van der Waals surface area contributed by atoms with Crippen molar-refractivity contribution in [3.05, 3.63) is 48.2 Å². The number of benzene rings is 1. The van der Waals surface area contributed by atoms with Gasteiger partial charge in [-0.25, -0.2) is 4.98 Å². The molecule has 6 nitrogen and oxygen atoms in total. The van der Waals surface area contributed by atoms with E-state index in [2.05, 4.69) is 10.3 Å². The molecule has 0 aliphatic carbocycles. The summed E-state index contributed by atoms with van der Waals surface area (Å²) in [5.41, 5.74) is 1.16. The number of hydrogen-bond donors (Lipinski definition) is 1. The summed E-state index contributed by atoms with van der Waals surface area (Å²) in [6.07, 6.45) is 2.78. The molecule has 0 unspecified atom stereocenters. The number of carbonyl (C=O) groups excluding carboxylic acids is 2. The van der Waals surface area contributed by atoms with Crippen molar-refractivity contribution in [3.63, 3.8) is 0 Å². The van der Waals surface area contributed by atoms with Crippen LogP contribution >= 0.6 is 11.8 Å². The lowest BCUT2D eigenvalue weighted by Gasteiger charge is -2.34. The van der Waals surface area contributed by atoms with Crippen LogP contribution in [-0.4, -0.2) is 42.8 Å². The van der Waals surface area contributed by atoms with Gasteiger partial charge in [-0.1, -0.05) is 12.1 Å². The number of carbonyl (C=O) groups is 2. The minimum absolute atomic E-state index is 0.151. The highest BCUT2D eigenvalue weighted by molar-refractivity contribution is 7.98. The molecule has 3 rings (SSSR count). The summed E-state index contributed by atoms with van der Waals surface area (Å²) in [7, 11) is 1.55. The largest absolute Gasteiger partial charge is 0.477 e. The quantitative estimate of drug-likeness (QED) is 0.863. The molecule has 1 N–H and O–H groups in total. The first kappa shape index (κ1) is 16.3. The number of aromatic nitrogens is 1. The summed E-state index contributed by atoms with van der Waals surface area (Å²) in [4.78, 5) is 30.9. The molecule has 1 aromatic carbocycles. The topological polar surface area (TPSA) is 71.5 Å². The van der Waals surface area contributed by atoms with Crippen LogP contribution in [0.3, 0.4) is 0 Å². The third kappa shape index (κ3) is 2.94. The Hall–Kier alpha value is -2.54. The van der Waals surface area contributed by atoms with Gasteiger partial charge in [-0.05, 0) is 30.5 Å². The highest BCUT2D eigenvalue weighted by Gasteiger charge is 2.34. The van der Waals surface area contributed by atoms with Gasteiger partial charge in [0.15, 0.2) is 6.10 Å². The summed E-state index contributed by atoms with van der Waals surface area (Å²) in [6, 6.07) is 10.7. The molecule has 24 heavy (non-hydrogen) atoms. The van der Waals surface area contributed by atoms with Gasteiger partial charge in [-0.2, -0.15) is 0 Å². The Labute approximate surface area is 144 Å². The molecule has 0 saturated carbocycles. The highest BCUT2D eigenvalue weighted by Crippen LogP contribution is 2.34. The number of pyridine rings is 1. The maximum Gasteiger partial charge on any atom is 0.262 e. The van der Waals surface area contributed by atoms with Crippen molar-refractivity contribution in [3.8, 4) is 5.75 Å². The maximum atomic E-state index is 13.1. The van der Waals surface area contributed by atoms with Crippen LogP contribution in [0.1, 0.15) is 10.4 Å². The number of rotatable bonds is 3. The van der Waals surface area contributed by atoms with Crippen molar-refractivity contribution >= 4 is 29.3 Å². The van der Waals surface area contributed by atoms with Crippen LogP contribution < -0.4 is 15.0 Å². The molecule has 1 aliphatic heterocycles. The van der Waals surface area contributed by atoms with E-state index in [9.17, 15) is 9.59 Å². The first-order valence-corrected chi connectivity index (χ1v) is 8.66. The van der Waals surface area contributed by atoms with E-state index in [-0.39, 0.29) is 18.4 Å². The standard InChI is InChI=1S/C17H17N3O3S/c1-18-15(21)14-10-20(12-7-3-4-8-13(12)23-14)17(22)11-6-5-9-19-16(11)24-2/h3-9,14H,10H2,1-2H3,(H,18,21)/t14-/m0/s1. The second-order valence-electron chi connectivity index (χ2n) is 5.16. The van der Waals surface area contributed by atoms with Gasteiger partial charge in [0.1, 0.15) is 10.8 Å². The first-order chi connectivity index (χ1) is 11.7. The molecule has 0 bridgehead atoms. The predicted octanol–water partition coefficient (Wildman–Crippen LogP) is 1.96.